The lowest BCUT2D eigenvalue weighted by Crippen LogP contribution is -2.32. The molecule has 4 aromatic carbocycles. The van der Waals surface area contributed by atoms with Crippen LogP contribution >= 0.6 is 0 Å². The summed E-state index contributed by atoms with van der Waals surface area (Å²) in [5.41, 5.74) is 3.47. The minimum absolute atomic E-state index is 0.237. The molecule has 0 bridgehead atoms. The maximum Gasteiger partial charge on any atom is 0.255 e. The second kappa shape index (κ2) is 10.9. The first-order valence-electron chi connectivity index (χ1n) is 10.9. The summed E-state index contributed by atoms with van der Waals surface area (Å²) in [5, 5.41) is 7.85. The summed E-state index contributed by atoms with van der Waals surface area (Å²) in [6.45, 7) is -0.237. The van der Waals surface area contributed by atoms with Gasteiger partial charge in [-0.2, -0.15) is 0 Å². The monoisotopic (exact) mass is 467 g/mol. The van der Waals surface area contributed by atoms with Crippen LogP contribution in [0.2, 0.25) is 0 Å². The van der Waals surface area contributed by atoms with E-state index in [-0.39, 0.29) is 18.0 Å². The molecular formula is C28H22FN3O3. The molecule has 35 heavy (non-hydrogen) atoms. The van der Waals surface area contributed by atoms with Crippen LogP contribution in [0.1, 0.15) is 20.7 Å². The van der Waals surface area contributed by atoms with Crippen LogP contribution in [0.25, 0.3) is 11.1 Å². The van der Waals surface area contributed by atoms with Gasteiger partial charge in [0.2, 0.25) is 5.91 Å². The molecule has 0 aliphatic carbocycles. The molecule has 7 heteroatoms. The van der Waals surface area contributed by atoms with Gasteiger partial charge in [0.05, 0.1) is 6.54 Å². The van der Waals surface area contributed by atoms with Gasteiger partial charge in [-0.1, -0.05) is 54.6 Å². The Morgan fingerprint density at radius 3 is 1.97 bits per heavy atom. The average molecular weight is 468 g/mol. The van der Waals surface area contributed by atoms with Gasteiger partial charge in [-0.15, -0.1) is 0 Å². The van der Waals surface area contributed by atoms with Crippen molar-refractivity contribution in [1.29, 1.82) is 0 Å². The molecule has 0 fully saturated rings. The van der Waals surface area contributed by atoms with Crippen LogP contribution in [0.3, 0.4) is 0 Å². The minimum atomic E-state index is -0.460. The van der Waals surface area contributed by atoms with Crippen LogP contribution in [0.15, 0.2) is 103 Å². The van der Waals surface area contributed by atoms with E-state index in [1.54, 1.807) is 36.4 Å². The van der Waals surface area contributed by atoms with Crippen molar-refractivity contribution in [3.63, 3.8) is 0 Å². The summed E-state index contributed by atoms with van der Waals surface area (Å²) in [5.74, 6) is -1.72. The van der Waals surface area contributed by atoms with Gasteiger partial charge in [0.25, 0.3) is 11.8 Å². The molecule has 0 atom stereocenters. The molecule has 0 saturated carbocycles. The van der Waals surface area contributed by atoms with Gasteiger partial charge in [-0.25, -0.2) is 4.39 Å². The number of halogens is 1. The van der Waals surface area contributed by atoms with Gasteiger partial charge in [0.1, 0.15) is 5.82 Å². The van der Waals surface area contributed by atoms with Crippen molar-refractivity contribution >= 4 is 29.1 Å². The van der Waals surface area contributed by atoms with E-state index < -0.39 is 17.6 Å². The molecule has 4 aromatic rings. The second-order valence-corrected chi connectivity index (χ2v) is 7.72. The molecule has 0 unspecified atom stereocenters. The predicted molar refractivity (Wildman–Crippen MR) is 134 cm³/mol. The quantitative estimate of drug-likeness (QED) is 0.353. The van der Waals surface area contributed by atoms with Crippen molar-refractivity contribution in [3.8, 4) is 11.1 Å². The predicted octanol–water partition coefficient (Wildman–Crippen LogP) is 5.11. The molecule has 0 saturated heterocycles. The van der Waals surface area contributed by atoms with Crippen molar-refractivity contribution in [1.82, 2.24) is 5.32 Å². The second-order valence-electron chi connectivity index (χ2n) is 7.72. The highest BCUT2D eigenvalue weighted by Crippen LogP contribution is 2.19. The Balaban J connectivity index is 1.30. The fourth-order valence-electron chi connectivity index (χ4n) is 3.42. The molecule has 0 aromatic heterocycles. The molecule has 3 N–H and O–H groups in total. The van der Waals surface area contributed by atoms with Crippen molar-refractivity contribution in [2.24, 2.45) is 0 Å². The van der Waals surface area contributed by atoms with Crippen molar-refractivity contribution < 1.29 is 18.8 Å². The molecular weight excluding hydrogens is 445 g/mol. The Morgan fingerprint density at radius 2 is 1.26 bits per heavy atom. The first-order valence-corrected chi connectivity index (χ1v) is 10.9. The number of nitrogens with one attached hydrogen (secondary N) is 3. The van der Waals surface area contributed by atoms with Gasteiger partial charge in [-0.05, 0) is 59.7 Å². The zero-order valence-electron chi connectivity index (χ0n) is 18.6. The highest BCUT2D eigenvalue weighted by molar-refractivity contribution is 6.05. The van der Waals surface area contributed by atoms with E-state index in [9.17, 15) is 18.8 Å². The van der Waals surface area contributed by atoms with Crippen LogP contribution < -0.4 is 16.0 Å². The summed E-state index contributed by atoms with van der Waals surface area (Å²) in [6.07, 6.45) is 0. The maximum absolute atomic E-state index is 13.3. The van der Waals surface area contributed by atoms with Crippen LogP contribution in [0, 0.1) is 5.82 Å². The number of amides is 3. The van der Waals surface area contributed by atoms with Crippen LogP contribution in [-0.4, -0.2) is 24.3 Å². The SMILES string of the molecule is O=C(CNC(=O)c1ccc(-c2ccccc2)cc1)Nc1cccc(C(=O)Nc2cccc(F)c2)c1. The Morgan fingerprint density at radius 1 is 0.600 bits per heavy atom. The first kappa shape index (κ1) is 23.4. The Kier molecular flexibility index (Phi) is 7.28. The fraction of sp³-hybridized carbons (Fsp3) is 0.0357. The van der Waals surface area contributed by atoms with Crippen LogP contribution in [0.5, 0.6) is 0 Å². The van der Waals surface area contributed by atoms with Crippen LogP contribution in [-0.2, 0) is 4.79 Å². The van der Waals surface area contributed by atoms with Crippen molar-refractivity contribution in [2.45, 2.75) is 0 Å². The summed E-state index contributed by atoms with van der Waals surface area (Å²) >= 11 is 0. The Labute approximate surface area is 201 Å². The molecule has 6 nitrogen and oxygen atoms in total. The van der Waals surface area contributed by atoms with E-state index in [4.69, 9.17) is 0 Å². The van der Waals surface area contributed by atoms with Crippen molar-refractivity contribution in [3.05, 3.63) is 120 Å². The lowest BCUT2D eigenvalue weighted by atomic mass is 10.0. The zero-order chi connectivity index (χ0) is 24.6. The van der Waals surface area contributed by atoms with Crippen LogP contribution in [0.4, 0.5) is 15.8 Å². The minimum Gasteiger partial charge on any atom is -0.343 e. The number of hydrogen-bond donors (Lipinski definition) is 3. The third kappa shape index (κ3) is 6.39. The summed E-state index contributed by atoms with van der Waals surface area (Å²) in [6, 6.07) is 28.8. The number of anilines is 2. The Hall–Kier alpha value is -4.78. The molecule has 0 aliphatic heterocycles. The number of rotatable bonds is 7. The summed E-state index contributed by atoms with van der Waals surface area (Å²) < 4.78 is 13.3. The molecule has 0 spiro atoms. The average Bonchev–Trinajstić information content (AvgIpc) is 2.88. The van der Waals surface area contributed by atoms with E-state index in [1.807, 2.05) is 42.5 Å². The van der Waals surface area contributed by atoms with E-state index in [0.29, 0.717) is 16.9 Å². The molecule has 3 amide bonds. The number of hydrogen-bond acceptors (Lipinski definition) is 3. The molecule has 0 aliphatic rings. The topological polar surface area (TPSA) is 87.3 Å². The fourth-order valence-corrected chi connectivity index (χ4v) is 3.42. The van der Waals surface area contributed by atoms with E-state index in [1.165, 1.54) is 24.3 Å². The molecule has 4 rings (SSSR count). The number of carbonyl (C=O) groups is 3. The highest BCUT2D eigenvalue weighted by atomic mass is 19.1. The van der Waals surface area contributed by atoms with Gasteiger partial charge < -0.3 is 16.0 Å². The van der Waals surface area contributed by atoms with Gasteiger partial charge >= 0.3 is 0 Å². The molecule has 0 radical (unpaired) electrons. The standard InChI is InChI=1S/C28H22FN3O3/c29-23-9-5-11-25(17-23)32-28(35)22-8-4-10-24(16-22)31-26(33)18-30-27(34)21-14-12-20(13-15-21)19-6-2-1-3-7-19/h1-17H,18H2,(H,30,34)(H,31,33)(H,32,35). The normalized spacial score (nSPS) is 10.3. The highest BCUT2D eigenvalue weighted by Gasteiger charge is 2.11. The third-order valence-electron chi connectivity index (χ3n) is 5.15. The summed E-state index contributed by atoms with van der Waals surface area (Å²) in [4.78, 5) is 37.2. The van der Waals surface area contributed by atoms with Crippen molar-refractivity contribution in [2.75, 3.05) is 17.2 Å². The number of benzene rings is 4. The third-order valence-corrected chi connectivity index (χ3v) is 5.15. The molecule has 0 heterocycles. The number of carbonyl (C=O) groups excluding carboxylic acids is 3. The maximum atomic E-state index is 13.3. The summed E-state index contributed by atoms with van der Waals surface area (Å²) in [7, 11) is 0. The zero-order valence-corrected chi connectivity index (χ0v) is 18.6. The van der Waals surface area contributed by atoms with E-state index in [0.717, 1.165) is 11.1 Å². The van der Waals surface area contributed by atoms with Gasteiger partial charge in [0.15, 0.2) is 0 Å². The lowest BCUT2D eigenvalue weighted by Gasteiger charge is -2.10. The lowest BCUT2D eigenvalue weighted by molar-refractivity contribution is -0.115. The van der Waals surface area contributed by atoms with E-state index >= 15 is 0 Å². The smallest absolute Gasteiger partial charge is 0.255 e. The first-order chi connectivity index (χ1) is 17.0. The van der Waals surface area contributed by atoms with Gasteiger partial charge in [-0.3, -0.25) is 14.4 Å². The molecule has 174 valence electrons. The largest absolute Gasteiger partial charge is 0.343 e. The van der Waals surface area contributed by atoms with Gasteiger partial charge in [0, 0.05) is 22.5 Å². The Bertz CT molecular complexity index is 1360. The van der Waals surface area contributed by atoms with E-state index in [2.05, 4.69) is 16.0 Å².